The van der Waals surface area contributed by atoms with Crippen LogP contribution in [0.5, 0.6) is 0 Å². The van der Waals surface area contributed by atoms with Crippen LogP contribution in [-0.4, -0.2) is 0 Å². The van der Waals surface area contributed by atoms with Gasteiger partial charge in [-0.05, 0) is 59.1 Å². The highest BCUT2D eigenvalue weighted by molar-refractivity contribution is 5.74. The molecule has 4 aromatic carbocycles. The van der Waals surface area contributed by atoms with Crippen molar-refractivity contribution in [1.29, 1.82) is 0 Å². The minimum atomic E-state index is -0.802. The van der Waals surface area contributed by atoms with Gasteiger partial charge >= 0.3 is 0 Å². The normalized spacial score (nSPS) is 11.2. The van der Waals surface area contributed by atoms with Crippen molar-refractivity contribution in [3.8, 4) is 33.4 Å². The summed E-state index contributed by atoms with van der Waals surface area (Å²) < 4.78 is 30.3. The standard InChI is InChI=1S/C36H40F2/c1-3-5-7-8-9-10-12-28-13-17-29(18-14-28)30-21-23-32(24-22-30)34-26-25-33(35(37)36(34)38)31-19-15-27(16-20-31)11-6-4-2/h13-26H,3-12H2,1-2H3. The first kappa shape index (κ1) is 27.8. The van der Waals surface area contributed by atoms with E-state index in [1.54, 1.807) is 12.1 Å². The van der Waals surface area contributed by atoms with E-state index in [-0.39, 0.29) is 5.56 Å². The summed E-state index contributed by atoms with van der Waals surface area (Å²) in [5.41, 5.74) is 6.75. The van der Waals surface area contributed by atoms with Crippen LogP contribution >= 0.6 is 0 Å². The fourth-order valence-electron chi connectivity index (χ4n) is 5.04. The van der Waals surface area contributed by atoms with Crippen LogP contribution in [0.25, 0.3) is 33.4 Å². The highest BCUT2D eigenvalue weighted by atomic mass is 19.2. The Morgan fingerprint density at radius 1 is 0.395 bits per heavy atom. The van der Waals surface area contributed by atoms with Crippen LogP contribution in [0, 0.1) is 11.6 Å². The molecule has 0 spiro atoms. The predicted octanol–water partition coefficient (Wildman–Crippen LogP) is 11.2. The summed E-state index contributed by atoms with van der Waals surface area (Å²) in [6.07, 6.45) is 12.2. The van der Waals surface area contributed by atoms with Gasteiger partial charge in [0.2, 0.25) is 0 Å². The van der Waals surface area contributed by atoms with E-state index >= 15 is 8.78 Å². The van der Waals surface area contributed by atoms with Gasteiger partial charge in [-0.15, -0.1) is 0 Å². The zero-order chi connectivity index (χ0) is 26.7. The Morgan fingerprint density at radius 3 is 1.26 bits per heavy atom. The summed E-state index contributed by atoms with van der Waals surface area (Å²) in [6, 6.07) is 27.6. The number of aryl methyl sites for hydroxylation is 2. The van der Waals surface area contributed by atoms with Gasteiger partial charge in [0, 0.05) is 11.1 Å². The van der Waals surface area contributed by atoms with Gasteiger partial charge in [-0.25, -0.2) is 8.78 Å². The Bertz CT molecular complexity index is 1270. The third-order valence-corrected chi connectivity index (χ3v) is 7.47. The van der Waals surface area contributed by atoms with E-state index in [1.807, 2.05) is 48.5 Å². The Morgan fingerprint density at radius 2 is 0.763 bits per heavy atom. The number of rotatable bonds is 13. The van der Waals surface area contributed by atoms with Crippen LogP contribution in [0.15, 0.2) is 84.9 Å². The largest absolute Gasteiger partial charge is 0.203 e. The van der Waals surface area contributed by atoms with E-state index in [0.717, 1.165) is 36.8 Å². The maximum absolute atomic E-state index is 15.2. The highest BCUT2D eigenvalue weighted by Gasteiger charge is 2.16. The van der Waals surface area contributed by atoms with Crippen LogP contribution < -0.4 is 0 Å². The van der Waals surface area contributed by atoms with Gasteiger partial charge in [0.1, 0.15) is 0 Å². The molecule has 0 nitrogen and oxygen atoms in total. The average molecular weight is 511 g/mol. The molecule has 198 valence electrons. The maximum atomic E-state index is 15.2. The number of hydrogen-bond acceptors (Lipinski definition) is 0. The van der Waals surface area contributed by atoms with Gasteiger partial charge < -0.3 is 0 Å². The second-order valence-electron chi connectivity index (χ2n) is 10.4. The summed E-state index contributed by atoms with van der Waals surface area (Å²) in [5.74, 6) is -1.60. The highest BCUT2D eigenvalue weighted by Crippen LogP contribution is 2.33. The molecule has 0 aliphatic heterocycles. The molecule has 0 atom stereocenters. The molecular formula is C36H40F2. The van der Waals surface area contributed by atoms with Crippen LogP contribution in [0.1, 0.15) is 76.3 Å². The first-order chi connectivity index (χ1) is 18.6. The third-order valence-electron chi connectivity index (χ3n) is 7.47. The molecular weight excluding hydrogens is 470 g/mol. The quantitative estimate of drug-likeness (QED) is 0.157. The first-order valence-electron chi connectivity index (χ1n) is 14.4. The molecule has 0 saturated carbocycles. The molecule has 4 rings (SSSR count). The smallest absolute Gasteiger partial charge is 0.167 e. The predicted molar refractivity (Wildman–Crippen MR) is 158 cm³/mol. The van der Waals surface area contributed by atoms with Crippen molar-refractivity contribution < 1.29 is 8.78 Å². The lowest BCUT2D eigenvalue weighted by Crippen LogP contribution is -1.94. The molecule has 4 aromatic rings. The topological polar surface area (TPSA) is 0 Å². The molecule has 0 aliphatic rings. The number of benzene rings is 4. The van der Waals surface area contributed by atoms with Crippen molar-refractivity contribution in [3.05, 3.63) is 108 Å². The molecule has 0 amide bonds. The minimum Gasteiger partial charge on any atom is -0.203 e. The van der Waals surface area contributed by atoms with E-state index in [0.29, 0.717) is 16.7 Å². The van der Waals surface area contributed by atoms with Crippen molar-refractivity contribution in [3.63, 3.8) is 0 Å². The average Bonchev–Trinajstić information content (AvgIpc) is 2.96. The summed E-state index contributed by atoms with van der Waals surface area (Å²) in [5, 5.41) is 0. The number of halogens is 2. The molecule has 0 radical (unpaired) electrons. The molecule has 2 heteroatoms. The van der Waals surface area contributed by atoms with Crippen LogP contribution in [0.2, 0.25) is 0 Å². The van der Waals surface area contributed by atoms with E-state index in [1.165, 1.54) is 49.7 Å². The van der Waals surface area contributed by atoms with Crippen LogP contribution in [0.3, 0.4) is 0 Å². The zero-order valence-electron chi connectivity index (χ0n) is 22.9. The second-order valence-corrected chi connectivity index (χ2v) is 10.4. The van der Waals surface area contributed by atoms with Crippen molar-refractivity contribution in [2.75, 3.05) is 0 Å². The Labute approximate surface area is 227 Å². The minimum absolute atomic E-state index is 0.284. The van der Waals surface area contributed by atoms with Gasteiger partial charge in [-0.3, -0.25) is 0 Å². The molecule has 0 unspecified atom stereocenters. The van der Waals surface area contributed by atoms with E-state index in [4.69, 9.17) is 0 Å². The molecule has 0 bridgehead atoms. The van der Waals surface area contributed by atoms with Crippen LogP contribution in [-0.2, 0) is 12.8 Å². The number of unbranched alkanes of at least 4 members (excludes halogenated alkanes) is 6. The second kappa shape index (κ2) is 14.0. The summed E-state index contributed by atoms with van der Waals surface area (Å²) in [4.78, 5) is 0. The van der Waals surface area contributed by atoms with Crippen molar-refractivity contribution in [2.45, 2.75) is 78.1 Å². The van der Waals surface area contributed by atoms with Crippen molar-refractivity contribution in [2.24, 2.45) is 0 Å². The van der Waals surface area contributed by atoms with Gasteiger partial charge in [0.05, 0.1) is 0 Å². The lowest BCUT2D eigenvalue weighted by atomic mass is 9.96. The zero-order valence-corrected chi connectivity index (χ0v) is 22.9. The van der Waals surface area contributed by atoms with Crippen molar-refractivity contribution >= 4 is 0 Å². The molecule has 0 aromatic heterocycles. The fourth-order valence-corrected chi connectivity index (χ4v) is 5.04. The number of hydrogen-bond donors (Lipinski definition) is 0. The fraction of sp³-hybridized carbons (Fsp3) is 0.333. The molecule has 0 heterocycles. The Balaban J connectivity index is 1.41. The van der Waals surface area contributed by atoms with Crippen LogP contribution in [0.4, 0.5) is 8.78 Å². The van der Waals surface area contributed by atoms with Gasteiger partial charge in [0.25, 0.3) is 0 Å². The third kappa shape index (κ3) is 7.19. The monoisotopic (exact) mass is 510 g/mol. The molecule has 0 saturated heterocycles. The van der Waals surface area contributed by atoms with Gasteiger partial charge in [-0.1, -0.05) is 137 Å². The van der Waals surface area contributed by atoms with E-state index < -0.39 is 11.6 Å². The molecule has 0 N–H and O–H groups in total. The Hall–Kier alpha value is -3.26. The first-order valence-corrected chi connectivity index (χ1v) is 14.4. The lowest BCUT2D eigenvalue weighted by Gasteiger charge is -2.11. The molecule has 0 aliphatic carbocycles. The van der Waals surface area contributed by atoms with E-state index in [2.05, 4.69) is 38.1 Å². The molecule has 38 heavy (non-hydrogen) atoms. The SMILES string of the molecule is CCCCCCCCc1ccc(-c2ccc(-c3ccc(-c4ccc(CCCC)cc4)c(F)c3F)cc2)cc1. The van der Waals surface area contributed by atoms with Crippen molar-refractivity contribution in [1.82, 2.24) is 0 Å². The summed E-state index contributed by atoms with van der Waals surface area (Å²) in [6.45, 7) is 4.41. The molecule has 0 fully saturated rings. The van der Waals surface area contributed by atoms with Gasteiger partial charge in [0.15, 0.2) is 11.6 Å². The maximum Gasteiger partial charge on any atom is 0.167 e. The van der Waals surface area contributed by atoms with Gasteiger partial charge in [-0.2, -0.15) is 0 Å². The van der Waals surface area contributed by atoms with E-state index in [9.17, 15) is 0 Å². The summed E-state index contributed by atoms with van der Waals surface area (Å²) >= 11 is 0. The summed E-state index contributed by atoms with van der Waals surface area (Å²) in [7, 11) is 0. The lowest BCUT2D eigenvalue weighted by molar-refractivity contribution is 0.514. The Kier molecular flexibility index (Phi) is 10.3.